The molecule has 0 radical (unpaired) electrons. The maximum absolute atomic E-state index is 12.2. The van der Waals surface area contributed by atoms with Gasteiger partial charge in [-0.25, -0.2) is 13.1 Å². The molecule has 0 spiro atoms. The molecular weight excluding hydrogens is 331 g/mol. The van der Waals surface area contributed by atoms with E-state index in [2.05, 4.69) is 4.72 Å². The maximum atomic E-state index is 12.2. The number of thiophene rings is 1. The van der Waals surface area contributed by atoms with Crippen LogP contribution < -0.4 is 10.5 Å². The minimum absolute atomic E-state index is 0.00202. The number of sulfonamides is 1. The highest BCUT2D eigenvalue weighted by Gasteiger charge is 2.53. The summed E-state index contributed by atoms with van der Waals surface area (Å²) in [6, 6.07) is 0.732. The van der Waals surface area contributed by atoms with Crippen LogP contribution in [0.1, 0.15) is 6.42 Å². The van der Waals surface area contributed by atoms with Gasteiger partial charge in [0, 0.05) is 18.6 Å². The van der Waals surface area contributed by atoms with Crippen molar-refractivity contribution < 1.29 is 13.2 Å². The summed E-state index contributed by atoms with van der Waals surface area (Å²) < 4.78 is 33.0. The normalized spacial score (nSPS) is 34.1. The lowest BCUT2D eigenvalue weighted by molar-refractivity contribution is -0.00923. The number of fused-ring (bicyclic) bond motifs is 1. The summed E-state index contributed by atoms with van der Waals surface area (Å²) in [5.74, 6) is 0.245. The van der Waals surface area contributed by atoms with Crippen LogP contribution in [0, 0.1) is 5.92 Å². The van der Waals surface area contributed by atoms with Crippen molar-refractivity contribution in [3.05, 3.63) is 14.7 Å². The van der Waals surface area contributed by atoms with Gasteiger partial charge in [-0.05, 0) is 12.5 Å². The van der Waals surface area contributed by atoms with E-state index in [1.807, 2.05) is 0 Å². The highest BCUT2D eigenvalue weighted by molar-refractivity contribution is 7.89. The third-order valence-corrected chi connectivity index (χ3v) is 6.86. The fraction of sp³-hybridized carbons (Fsp3) is 0.600. The summed E-state index contributed by atoms with van der Waals surface area (Å²) in [7, 11) is -3.72. The highest BCUT2D eigenvalue weighted by atomic mass is 35.5. The summed E-state index contributed by atoms with van der Waals surface area (Å²) in [6.07, 6.45) is 0.757. The molecule has 19 heavy (non-hydrogen) atoms. The Morgan fingerprint density at radius 1 is 1.47 bits per heavy atom. The van der Waals surface area contributed by atoms with Crippen LogP contribution in [-0.2, 0) is 14.8 Å². The highest BCUT2D eigenvalue weighted by Crippen LogP contribution is 2.39. The molecule has 0 amide bonds. The lowest BCUT2D eigenvalue weighted by atomic mass is 9.73. The molecular formula is C10H12Cl2N2O3S2. The Hall–Kier alpha value is 0.110. The Morgan fingerprint density at radius 2 is 2.21 bits per heavy atom. The molecule has 2 heterocycles. The van der Waals surface area contributed by atoms with Gasteiger partial charge in [0.2, 0.25) is 10.0 Å². The van der Waals surface area contributed by atoms with Gasteiger partial charge in [-0.3, -0.25) is 0 Å². The predicted molar refractivity (Wildman–Crippen MR) is 74.3 cm³/mol. The molecule has 0 bridgehead atoms. The summed E-state index contributed by atoms with van der Waals surface area (Å²) in [6.45, 7) is 0.631. The van der Waals surface area contributed by atoms with E-state index in [0.29, 0.717) is 10.9 Å². The number of nitrogens with two attached hydrogens (primary N) is 1. The lowest BCUT2D eigenvalue weighted by Crippen LogP contribution is -2.68. The molecule has 106 valence electrons. The maximum Gasteiger partial charge on any atom is 0.243 e. The number of nitrogens with one attached hydrogen (secondary N) is 1. The Morgan fingerprint density at radius 3 is 2.84 bits per heavy atom. The van der Waals surface area contributed by atoms with Crippen molar-refractivity contribution >= 4 is 44.6 Å². The van der Waals surface area contributed by atoms with Crippen LogP contribution in [-0.4, -0.2) is 33.2 Å². The zero-order chi connectivity index (χ0) is 13.8. The van der Waals surface area contributed by atoms with Gasteiger partial charge in [0.05, 0.1) is 16.5 Å². The van der Waals surface area contributed by atoms with Crippen LogP contribution in [0.4, 0.5) is 0 Å². The van der Waals surface area contributed by atoms with Gasteiger partial charge in [0.25, 0.3) is 0 Å². The monoisotopic (exact) mass is 342 g/mol. The topological polar surface area (TPSA) is 81.4 Å². The van der Waals surface area contributed by atoms with Gasteiger partial charge in [0.15, 0.2) is 0 Å². The van der Waals surface area contributed by atoms with Gasteiger partial charge in [-0.15, -0.1) is 11.3 Å². The standard InChI is InChI=1S/C10H12Cl2N2O3S2/c11-6-3-5(10(12)18-6)19(15,16)14-8-7(13)4-1-2-17-9(4)8/h3-4,7-9,14H,1-2,13H2. The van der Waals surface area contributed by atoms with Crippen molar-refractivity contribution in [3.63, 3.8) is 0 Å². The van der Waals surface area contributed by atoms with E-state index in [1.165, 1.54) is 6.07 Å². The first kappa shape index (κ1) is 14.1. The van der Waals surface area contributed by atoms with Crippen LogP contribution in [0.15, 0.2) is 11.0 Å². The van der Waals surface area contributed by atoms with Gasteiger partial charge in [-0.1, -0.05) is 23.2 Å². The largest absolute Gasteiger partial charge is 0.376 e. The molecule has 0 aromatic carbocycles. The minimum Gasteiger partial charge on any atom is -0.376 e. The summed E-state index contributed by atoms with van der Waals surface area (Å²) in [5.41, 5.74) is 5.97. The van der Waals surface area contributed by atoms with E-state index >= 15 is 0 Å². The average Bonchev–Trinajstić information content (AvgIpc) is 2.90. The minimum atomic E-state index is -3.72. The van der Waals surface area contributed by atoms with Crippen LogP contribution in [0.2, 0.25) is 8.67 Å². The fourth-order valence-corrected chi connectivity index (χ4v) is 6.08. The molecule has 1 aliphatic heterocycles. The van der Waals surface area contributed by atoms with E-state index in [1.54, 1.807) is 0 Å². The van der Waals surface area contributed by atoms with Gasteiger partial charge < -0.3 is 10.5 Å². The second-order valence-electron chi connectivity index (χ2n) is 4.70. The quantitative estimate of drug-likeness (QED) is 0.870. The Labute approximate surface area is 125 Å². The third-order valence-electron chi connectivity index (χ3n) is 3.65. The van der Waals surface area contributed by atoms with E-state index in [4.69, 9.17) is 33.7 Å². The molecule has 5 nitrogen and oxygen atoms in total. The molecule has 9 heteroatoms. The average molecular weight is 343 g/mol. The Bertz CT molecular complexity index is 604. The second-order valence-corrected chi connectivity index (χ2v) is 8.67. The van der Waals surface area contributed by atoms with Gasteiger partial charge in [-0.2, -0.15) is 0 Å². The van der Waals surface area contributed by atoms with E-state index in [9.17, 15) is 8.42 Å². The number of ether oxygens (including phenoxy) is 1. The molecule has 4 unspecified atom stereocenters. The van der Waals surface area contributed by atoms with Crippen molar-refractivity contribution in [1.82, 2.24) is 4.72 Å². The molecule has 1 saturated carbocycles. The van der Waals surface area contributed by atoms with Crippen molar-refractivity contribution in [2.75, 3.05) is 6.61 Å². The van der Waals surface area contributed by atoms with Crippen molar-refractivity contribution in [2.24, 2.45) is 11.7 Å². The van der Waals surface area contributed by atoms with Gasteiger partial charge >= 0.3 is 0 Å². The van der Waals surface area contributed by atoms with Crippen LogP contribution >= 0.6 is 34.5 Å². The van der Waals surface area contributed by atoms with Crippen molar-refractivity contribution in [2.45, 2.75) is 29.5 Å². The van der Waals surface area contributed by atoms with Gasteiger partial charge in [0.1, 0.15) is 9.23 Å². The molecule has 3 rings (SSSR count). The van der Waals surface area contributed by atoms with Crippen LogP contribution in [0.5, 0.6) is 0 Å². The lowest BCUT2D eigenvalue weighted by Gasteiger charge is -2.45. The molecule has 3 N–H and O–H groups in total. The van der Waals surface area contributed by atoms with E-state index in [0.717, 1.165) is 17.8 Å². The number of hydrogen-bond acceptors (Lipinski definition) is 5. The molecule has 2 aliphatic rings. The molecule has 4 atom stereocenters. The van der Waals surface area contributed by atoms with E-state index < -0.39 is 16.1 Å². The predicted octanol–water partition coefficient (Wildman–Crippen LogP) is 1.45. The Kier molecular flexibility index (Phi) is 3.58. The first-order valence-corrected chi connectivity index (χ1v) is 8.80. The first-order valence-electron chi connectivity index (χ1n) is 5.74. The molecule has 2 fully saturated rings. The second kappa shape index (κ2) is 4.84. The smallest absolute Gasteiger partial charge is 0.243 e. The first-order chi connectivity index (χ1) is 8.90. The van der Waals surface area contributed by atoms with Crippen LogP contribution in [0.25, 0.3) is 0 Å². The molecule has 1 aromatic rings. The number of hydrogen-bond donors (Lipinski definition) is 2. The Balaban J connectivity index is 1.81. The third kappa shape index (κ3) is 2.31. The SMILES string of the molecule is NC1C2CCOC2C1NS(=O)(=O)c1cc(Cl)sc1Cl. The zero-order valence-corrected chi connectivity index (χ0v) is 12.8. The molecule has 1 aliphatic carbocycles. The number of rotatable bonds is 3. The summed E-state index contributed by atoms with van der Waals surface area (Å²) in [5, 5.41) is 0. The molecule has 1 aromatic heterocycles. The summed E-state index contributed by atoms with van der Waals surface area (Å²) >= 11 is 12.7. The number of halogens is 2. The van der Waals surface area contributed by atoms with Crippen LogP contribution in [0.3, 0.4) is 0 Å². The zero-order valence-electron chi connectivity index (χ0n) is 9.68. The molecule has 1 saturated heterocycles. The fourth-order valence-electron chi connectivity index (χ4n) is 2.65. The van der Waals surface area contributed by atoms with E-state index in [-0.39, 0.29) is 27.3 Å². The van der Waals surface area contributed by atoms with Crippen molar-refractivity contribution in [1.29, 1.82) is 0 Å². The summed E-state index contributed by atoms with van der Waals surface area (Å²) in [4.78, 5) is -0.00202. The van der Waals surface area contributed by atoms with Crippen molar-refractivity contribution in [3.8, 4) is 0 Å².